The summed E-state index contributed by atoms with van der Waals surface area (Å²) in [5, 5.41) is 0. The van der Waals surface area contributed by atoms with Crippen molar-refractivity contribution in [3.63, 3.8) is 0 Å². The second-order valence-electron chi connectivity index (χ2n) is 3.50. The van der Waals surface area contributed by atoms with E-state index in [1.165, 1.54) is 19.2 Å². The maximum Gasteiger partial charge on any atom is 0.509 e. The van der Waals surface area contributed by atoms with Crippen molar-refractivity contribution in [3.05, 3.63) is 24.3 Å². The molecular weight excluding hydrogens is 220 g/mol. The van der Waals surface area contributed by atoms with Crippen molar-refractivity contribution in [2.75, 3.05) is 13.7 Å². The molecule has 0 saturated carbocycles. The third-order valence-electron chi connectivity index (χ3n) is 2.12. The van der Waals surface area contributed by atoms with Gasteiger partial charge in [0, 0.05) is 7.11 Å². The van der Waals surface area contributed by atoms with E-state index < -0.39 is 12.4 Å². The molecule has 0 aromatic heterocycles. The van der Waals surface area contributed by atoms with E-state index in [1.54, 1.807) is 6.92 Å². The Balaban J connectivity index is 2.68. The quantitative estimate of drug-likeness (QED) is 0.725. The van der Waals surface area contributed by atoms with Crippen LogP contribution in [0.1, 0.15) is 6.92 Å². The Labute approximate surface area is 92.4 Å². The van der Waals surface area contributed by atoms with Gasteiger partial charge in [-0.1, -0.05) is 12.1 Å². The molecule has 90 valence electrons. The normalized spacial score (nSPS) is 13.6. The minimum absolute atomic E-state index is 0.153. The van der Waals surface area contributed by atoms with Gasteiger partial charge in [-0.2, -0.15) is 0 Å². The van der Waals surface area contributed by atoms with Gasteiger partial charge in [-0.3, -0.25) is 0 Å². The number of halogens is 3. The molecule has 1 aromatic rings. The molecule has 0 saturated heterocycles. The monoisotopic (exact) mass is 233 g/mol. The van der Waals surface area contributed by atoms with Gasteiger partial charge < -0.3 is 22.4 Å². The van der Waals surface area contributed by atoms with Crippen LogP contribution in [0, 0.1) is 0 Å². The fourth-order valence-electron chi connectivity index (χ4n) is 1.09. The van der Waals surface area contributed by atoms with Gasteiger partial charge in [-0.25, -0.2) is 0 Å². The van der Waals surface area contributed by atoms with E-state index in [4.69, 9.17) is 9.47 Å². The van der Waals surface area contributed by atoms with Crippen molar-refractivity contribution in [2.45, 2.75) is 13.0 Å². The average molecular weight is 233 g/mol. The van der Waals surface area contributed by atoms with E-state index >= 15 is 0 Å². The standard InChI is InChI=1S/C10H13BF3O2/c1-8(15-2)7-16-10-5-3-4-9(6-10)11(12,13)14/h3-6,8H,7H2,1-2H3/q-1. The molecule has 0 aliphatic carbocycles. The Bertz CT molecular complexity index is 341. The first kappa shape index (κ1) is 12.9. The van der Waals surface area contributed by atoms with Gasteiger partial charge in [0.25, 0.3) is 0 Å². The lowest BCUT2D eigenvalue weighted by atomic mass is 9.80. The topological polar surface area (TPSA) is 18.5 Å². The van der Waals surface area contributed by atoms with Crippen molar-refractivity contribution in [3.8, 4) is 5.75 Å². The van der Waals surface area contributed by atoms with Crippen LogP contribution in [0.5, 0.6) is 5.75 Å². The molecule has 2 nitrogen and oxygen atoms in total. The van der Waals surface area contributed by atoms with Gasteiger partial charge in [0.2, 0.25) is 0 Å². The number of rotatable bonds is 5. The van der Waals surface area contributed by atoms with Crippen molar-refractivity contribution in [1.82, 2.24) is 0 Å². The smallest absolute Gasteiger partial charge is 0.491 e. The second kappa shape index (κ2) is 5.25. The molecule has 0 radical (unpaired) electrons. The van der Waals surface area contributed by atoms with Crippen LogP contribution in [0.15, 0.2) is 24.3 Å². The molecule has 0 aliphatic heterocycles. The highest BCUT2D eigenvalue weighted by Crippen LogP contribution is 2.14. The zero-order valence-electron chi connectivity index (χ0n) is 9.12. The number of ether oxygens (including phenoxy) is 2. The molecule has 0 amide bonds. The Morgan fingerprint density at radius 1 is 1.31 bits per heavy atom. The lowest BCUT2D eigenvalue weighted by molar-refractivity contribution is 0.0717. The summed E-state index contributed by atoms with van der Waals surface area (Å²) in [6.45, 7) is -2.97. The number of benzene rings is 1. The van der Waals surface area contributed by atoms with Crippen LogP contribution >= 0.6 is 0 Å². The number of hydrogen-bond donors (Lipinski definition) is 0. The Morgan fingerprint density at radius 2 is 2.00 bits per heavy atom. The molecule has 1 atom stereocenters. The van der Waals surface area contributed by atoms with Gasteiger partial charge in [0.15, 0.2) is 0 Å². The summed E-state index contributed by atoms with van der Waals surface area (Å²) in [5.74, 6) is 0.209. The molecule has 0 aliphatic rings. The summed E-state index contributed by atoms with van der Waals surface area (Å²) in [6.07, 6.45) is -0.153. The molecule has 0 N–H and O–H groups in total. The Hall–Kier alpha value is -1.17. The van der Waals surface area contributed by atoms with Crippen LogP contribution in [0.25, 0.3) is 0 Å². The zero-order chi connectivity index (χ0) is 12.2. The molecule has 1 rings (SSSR count). The van der Waals surface area contributed by atoms with Crippen LogP contribution in [0.3, 0.4) is 0 Å². The predicted octanol–water partition coefficient (Wildman–Crippen LogP) is 2.15. The van der Waals surface area contributed by atoms with Crippen molar-refractivity contribution in [1.29, 1.82) is 0 Å². The van der Waals surface area contributed by atoms with E-state index in [2.05, 4.69) is 0 Å². The SMILES string of the molecule is COC(C)COc1cccc([B-](F)(F)F)c1. The van der Waals surface area contributed by atoms with Crippen LogP contribution in [0.4, 0.5) is 12.9 Å². The average Bonchev–Trinajstić information content (AvgIpc) is 2.25. The molecule has 0 fully saturated rings. The summed E-state index contributed by atoms with van der Waals surface area (Å²) >= 11 is 0. The van der Waals surface area contributed by atoms with E-state index in [-0.39, 0.29) is 18.5 Å². The van der Waals surface area contributed by atoms with Crippen molar-refractivity contribution >= 4 is 12.4 Å². The fraction of sp³-hybridized carbons (Fsp3) is 0.400. The lowest BCUT2D eigenvalue weighted by Gasteiger charge is -2.17. The van der Waals surface area contributed by atoms with Crippen molar-refractivity contribution < 1.29 is 22.4 Å². The molecule has 6 heteroatoms. The number of hydrogen-bond acceptors (Lipinski definition) is 2. The minimum atomic E-state index is -4.97. The van der Waals surface area contributed by atoms with Gasteiger partial charge in [0.05, 0.1) is 6.10 Å². The van der Waals surface area contributed by atoms with E-state index in [9.17, 15) is 12.9 Å². The fourth-order valence-corrected chi connectivity index (χ4v) is 1.09. The lowest BCUT2D eigenvalue weighted by Crippen LogP contribution is -2.33. The van der Waals surface area contributed by atoms with Crippen LogP contribution in [-0.4, -0.2) is 26.8 Å². The van der Waals surface area contributed by atoms with E-state index in [0.29, 0.717) is 0 Å². The minimum Gasteiger partial charge on any atom is -0.491 e. The van der Waals surface area contributed by atoms with Crippen LogP contribution in [-0.2, 0) is 4.74 Å². The van der Waals surface area contributed by atoms with Crippen LogP contribution < -0.4 is 10.2 Å². The van der Waals surface area contributed by atoms with Gasteiger partial charge in [0.1, 0.15) is 12.4 Å². The molecule has 1 aromatic carbocycles. The van der Waals surface area contributed by atoms with Crippen molar-refractivity contribution in [2.24, 2.45) is 0 Å². The molecule has 0 spiro atoms. The van der Waals surface area contributed by atoms with Crippen LogP contribution in [0.2, 0.25) is 0 Å². The Kier molecular flexibility index (Phi) is 4.23. The number of methoxy groups -OCH3 is 1. The second-order valence-corrected chi connectivity index (χ2v) is 3.50. The molecule has 0 heterocycles. The third kappa shape index (κ3) is 3.77. The maximum atomic E-state index is 12.4. The van der Waals surface area contributed by atoms with E-state index in [0.717, 1.165) is 12.1 Å². The highest BCUT2D eigenvalue weighted by molar-refractivity contribution is 6.73. The molecule has 1 unspecified atom stereocenters. The highest BCUT2D eigenvalue weighted by Gasteiger charge is 2.25. The van der Waals surface area contributed by atoms with Gasteiger partial charge >= 0.3 is 6.98 Å². The first-order valence-electron chi connectivity index (χ1n) is 4.89. The maximum absolute atomic E-state index is 12.4. The van der Waals surface area contributed by atoms with E-state index in [1.807, 2.05) is 0 Å². The van der Waals surface area contributed by atoms with Gasteiger partial charge in [-0.05, 0) is 19.1 Å². The first-order chi connectivity index (χ1) is 7.43. The molecule has 0 bridgehead atoms. The first-order valence-corrected chi connectivity index (χ1v) is 4.89. The summed E-state index contributed by atoms with van der Waals surface area (Å²) in [6, 6.07) is 4.86. The van der Waals surface area contributed by atoms with Gasteiger partial charge in [-0.15, -0.1) is 5.46 Å². The summed E-state index contributed by atoms with van der Waals surface area (Å²) in [5.41, 5.74) is -0.650. The largest absolute Gasteiger partial charge is 0.509 e. The zero-order valence-corrected chi connectivity index (χ0v) is 9.12. The third-order valence-corrected chi connectivity index (χ3v) is 2.12. The highest BCUT2D eigenvalue weighted by atomic mass is 19.4. The Morgan fingerprint density at radius 3 is 2.56 bits per heavy atom. The predicted molar refractivity (Wildman–Crippen MR) is 57.1 cm³/mol. The summed E-state index contributed by atoms with van der Waals surface area (Å²) in [7, 11) is 1.52. The molecule has 16 heavy (non-hydrogen) atoms. The summed E-state index contributed by atoms with van der Waals surface area (Å²) in [4.78, 5) is 0. The summed E-state index contributed by atoms with van der Waals surface area (Å²) < 4.78 is 47.4. The molecular formula is C10H13BF3O2-.